The highest BCUT2D eigenvalue weighted by Gasteiger charge is 2.46. The smallest absolute Gasteiger partial charge is 0.356 e. The van der Waals surface area contributed by atoms with Gasteiger partial charge in [-0.05, 0) is 13.3 Å². The van der Waals surface area contributed by atoms with Crippen LogP contribution in [0, 0.1) is 0 Å². The summed E-state index contributed by atoms with van der Waals surface area (Å²) in [4.78, 5) is 21.0. The molecule has 0 aromatic rings. The average molecular weight is 204 g/mol. The van der Waals surface area contributed by atoms with E-state index in [2.05, 4.69) is 12.6 Å². The molecule has 13 heavy (non-hydrogen) atoms. The number of ether oxygens (including phenoxy) is 2. The maximum atomic E-state index is 11.3. The second-order valence-corrected chi connectivity index (χ2v) is 3.37. The summed E-state index contributed by atoms with van der Waals surface area (Å²) in [5.41, 5.74) is 0. The van der Waals surface area contributed by atoms with Gasteiger partial charge in [-0.15, -0.1) is 12.6 Å². The molecule has 5 heteroatoms. The molecular weight excluding hydrogens is 192 g/mol. The minimum absolute atomic E-state index is 0.220. The molecule has 4 nitrogen and oxygen atoms in total. The van der Waals surface area contributed by atoms with Crippen LogP contribution in [0.3, 0.4) is 0 Å². The summed E-state index contributed by atoms with van der Waals surface area (Å²) in [6.45, 7) is 2.26. The Bertz CT molecular complexity index is 228. The Labute approximate surface area is 82.0 Å². The van der Waals surface area contributed by atoms with Gasteiger partial charge in [0.05, 0.1) is 13.2 Å². The molecule has 0 amide bonds. The molecule has 0 aliphatic carbocycles. The largest absolute Gasteiger partial charge is 0.463 e. The molecule has 0 saturated carbocycles. The molecule has 1 atom stereocenters. The van der Waals surface area contributed by atoms with E-state index in [0.29, 0.717) is 19.4 Å². The first-order chi connectivity index (χ1) is 6.11. The molecule has 1 rings (SSSR count). The molecule has 74 valence electrons. The number of hydrogen-bond acceptors (Lipinski definition) is 5. The summed E-state index contributed by atoms with van der Waals surface area (Å²) in [6.07, 6.45) is 0.961. The Balaban J connectivity index is 2.71. The maximum absolute atomic E-state index is 11.3. The van der Waals surface area contributed by atoms with E-state index in [1.54, 1.807) is 6.92 Å². The van der Waals surface area contributed by atoms with Crippen molar-refractivity contribution in [1.82, 2.24) is 0 Å². The van der Waals surface area contributed by atoms with Gasteiger partial charge in [0, 0.05) is 6.42 Å². The lowest BCUT2D eigenvalue weighted by Gasteiger charge is -2.28. The lowest BCUT2D eigenvalue weighted by atomic mass is 10.1. The van der Waals surface area contributed by atoms with Gasteiger partial charge in [0.2, 0.25) is 0 Å². The SMILES string of the molecule is CCOC(=O)C1(S)OCCCC1=O. The van der Waals surface area contributed by atoms with Crippen molar-refractivity contribution < 1.29 is 19.1 Å². The lowest BCUT2D eigenvalue weighted by Crippen LogP contribution is -2.48. The van der Waals surface area contributed by atoms with Gasteiger partial charge in [-0.1, -0.05) is 0 Å². The number of esters is 1. The topological polar surface area (TPSA) is 52.6 Å². The van der Waals surface area contributed by atoms with Crippen molar-refractivity contribution in [3.8, 4) is 0 Å². The fraction of sp³-hybridized carbons (Fsp3) is 0.750. The Hall–Kier alpha value is -0.550. The van der Waals surface area contributed by atoms with Crippen LogP contribution in [-0.4, -0.2) is 29.9 Å². The van der Waals surface area contributed by atoms with E-state index in [1.807, 2.05) is 0 Å². The summed E-state index contributed by atoms with van der Waals surface area (Å²) < 4.78 is 9.73. The van der Waals surface area contributed by atoms with Crippen LogP contribution >= 0.6 is 12.6 Å². The third-order valence-corrected chi connectivity index (χ3v) is 2.35. The molecular formula is C8H12O4S. The third kappa shape index (κ3) is 2.03. The summed E-state index contributed by atoms with van der Waals surface area (Å²) in [7, 11) is 0. The first-order valence-corrected chi connectivity index (χ1v) is 4.63. The van der Waals surface area contributed by atoms with Crippen molar-refractivity contribution in [2.45, 2.75) is 24.7 Å². The fourth-order valence-electron chi connectivity index (χ4n) is 1.10. The quantitative estimate of drug-likeness (QED) is 0.405. The number of ketones is 1. The molecule has 0 N–H and O–H groups in total. The summed E-state index contributed by atoms with van der Waals surface area (Å²) in [5, 5.41) is 0. The molecule has 1 unspecified atom stereocenters. The Kier molecular flexibility index (Phi) is 3.33. The van der Waals surface area contributed by atoms with Crippen molar-refractivity contribution in [1.29, 1.82) is 0 Å². The minimum atomic E-state index is -1.66. The van der Waals surface area contributed by atoms with Crippen LogP contribution in [0.4, 0.5) is 0 Å². The van der Waals surface area contributed by atoms with Crippen LogP contribution in [-0.2, 0) is 19.1 Å². The summed E-state index contributed by atoms with van der Waals surface area (Å²) >= 11 is 3.93. The van der Waals surface area contributed by atoms with Gasteiger partial charge in [0.25, 0.3) is 4.93 Å². The summed E-state index contributed by atoms with van der Waals surface area (Å²) in [6, 6.07) is 0. The molecule has 1 aliphatic rings. The van der Waals surface area contributed by atoms with E-state index in [9.17, 15) is 9.59 Å². The monoisotopic (exact) mass is 204 g/mol. The van der Waals surface area contributed by atoms with Crippen LogP contribution in [0.25, 0.3) is 0 Å². The molecule has 1 aliphatic heterocycles. The van der Waals surface area contributed by atoms with E-state index in [0.717, 1.165) is 0 Å². The van der Waals surface area contributed by atoms with Crippen molar-refractivity contribution in [2.75, 3.05) is 13.2 Å². The van der Waals surface area contributed by atoms with E-state index in [1.165, 1.54) is 0 Å². The van der Waals surface area contributed by atoms with Crippen LogP contribution in [0.15, 0.2) is 0 Å². The first kappa shape index (κ1) is 10.5. The Morgan fingerprint density at radius 3 is 3.00 bits per heavy atom. The standard InChI is InChI=1S/C8H12O4S/c1-2-11-7(10)8(13)6(9)4-3-5-12-8/h13H,2-5H2,1H3. The number of carbonyl (C=O) groups is 2. The zero-order valence-corrected chi connectivity index (χ0v) is 8.30. The Morgan fingerprint density at radius 1 is 1.77 bits per heavy atom. The molecule has 0 aromatic carbocycles. The van der Waals surface area contributed by atoms with E-state index < -0.39 is 10.9 Å². The number of Topliss-reactive ketones (excluding diaryl/α,β-unsaturated/α-hetero) is 1. The predicted molar refractivity (Wildman–Crippen MR) is 48.5 cm³/mol. The molecule has 0 radical (unpaired) electrons. The van der Waals surface area contributed by atoms with E-state index in [-0.39, 0.29) is 12.4 Å². The van der Waals surface area contributed by atoms with Gasteiger partial charge in [-0.25, -0.2) is 4.79 Å². The van der Waals surface area contributed by atoms with Crippen molar-refractivity contribution in [3.63, 3.8) is 0 Å². The van der Waals surface area contributed by atoms with Gasteiger partial charge in [-0.3, -0.25) is 4.79 Å². The van der Waals surface area contributed by atoms with Gasteiger partial charge >= 0.3 is 5.97 Å². The second kappa shape index (κ2) is 4.11. The minimum Gasteiger partial charge on any atom is -0.463 e. The van der Waals surface area contributed by atoms with Crippen LogP contribution in [0.1, 0.15) is 19.8 Å². The molecule has 0 bridgehead atoms. The maximum Gasteiger partial charge on any atom is 0.356 e. The molecule has 1 fully saturated rings. The first-order valence-electron chi connectivity index (χ1n) is 4.18. The van der Waals surface area contributed by atoms with Gasteiger partial charge in [0.1, 0.15) is 0 Å². The van der Waals surface area contributed by atoms with Crippen LogP contribution < -0.4 is 0 Å². The fourth-order valence-corrected chi connectivity index (χ4v) is 1.37. The summed E-state index contributed by atoms with van der Waals surface area (Å²) in [5.74, 6) is -1.02. The zero-order chi connectivity index (χ0) is 9.90. The number of carbonyl (C=O) groups excluding carboxylic acids is 2. The molecule has 1 heterocycles. The van der Waals surface area contributed by atoms with Gasteiger partial charge in [0.15, 0.2) is 5.78 Å². The molecule has 0 aromatic heterocycles. The highest BCUT2D eigenvalue weighted by Crippen LogP contribution is 2.26. The number of rotatable bonds is 2. The number of thiol groups is 1. The predicted octanol–water partition coefficient (Wildman–Crippen LogP) is 0.555. The average Bonchev–Trinajstić information content (AvgIpc) is 2.11. The second-order valence-electron chi connectivity index (χ2n) is 2.74. The number of hydrogen-bond donors (Lipinski definition) is 1. The van der Waals surface area contributed by atoms with Crippen molar-refractivity contribution in [2.24, 2.45) is 0 Å². The zero-order valence-electron chi connectivity index (χ0n) is 7.41. The Morgan fingerprint density at radius 2 is 2.46 bits per heavy atom. The van der Waals surface area contributed by atoms with Gasteiger partial charge < -0.3 is 9.47 Å². The van der Waals surface area contributed by atoms with Crippen molar-refractivity contribution >= 4 is 24.4 Å². The van der Waals surface area contributed by atoms with E-state index >= 15 is 0 Å². The van der Waals surface area contributed by atoms with Gasteiger partial charge in [-0.2, -0.15) is 0 Å². The van der Waals surface area contributed by atoms with Crippen molar-refractivity contribution in [3.05, 3.63) is 0 Å². The highest BCUT2D eigenvalue weighted by atomic mass is 32.1. The highest BCUT2D eigenvalue weighted by molar-refractivity contribution is 7.83. The molecule has 0 spiro atoms. The molecule has 1 saturated heterocycles. The lowest BCUT2D eigenvalue weighted by molar-refractivity contribution is -0.168. The van der Waals surface area contributed by atoms with Crippen LogP contribution in [0.2, 0.25) is 0 Å². The normalized spacial score (nSPS) is 28.6. The third-order valence-electron chi connectivity index (χ3n) is 1.79. The van der Waals surface area contributed by atoms with Crippen LogP contribution in [0.5, 0.6) is 0 Å². The van der Waals surface area contributed by atoms with E-state index in [4.69, 9.17) is 9.47 Å².